The fourth-order valence-corrected chi connectivity index (χ4v) is 2.96. The van der Waals surface area contributed by atoms with Crippen molar-refractivity contribution < 1.29 is 9.53 Å². The zero-order valence-corrected chi connectivity index (χ0v) is 14.3. The van der Waals surface area contributed by atoms with Crippen LogP contribution >= 0.6 is 0 Å². The number of benzene rings is 2. The van der Waals surface area contributed by atoms with Gasteiger partial charge in [-0.3, -0.25) is 15.3 Å². The van der Waals surface area contributed by atoms with Gasteiger partial charge in [0.1, 0.15) is 0 Å². The summed E-state index contributed by atoms with van der Waals surface area (Å²) < 4.78 is 4.88. The van der Waals surface area contributed by atoms with Crippen molar-refractivity contribution in [3.8, 4) is 11.1 Å². The minimum Gasteiger partial charge on any atom is -0.450 e. The first-order chi connectivity index (χ1) is 12.7. The second-order valence-electron chi connectivity index (χ2n) is 5.88. The molecule has 2 aromatic carbocycles. The number of fused-ring (bicyclic) bond motifs is 3. The number of aromatic nitrogens is 2. The van der Waals surface area contributed by atoms with E-state index in [1.807, 2.05) is 48.8 Å². The minimum absolute atomic E-state index is 0.343. The van der Waals surface area contributed by atoms with E-state index in [9.17, 15) is 4.79 Å². The normalized spacial score (nSPS) is 10.8. The van der Waals surface area contributed by atoms with Crippen LogP contribution in [-0.2, 0) is 4.74 Å². The maximum Gasteiger partial charge on any atom is 0.411 e. The molecule has 0 fully saturated rings. The Morgan fingerprint density at radius 3 is 2.65 bits per heavy atom. The van der Waals surface area contributed by atoms with Gasteiger partial charge in [0.05, 0.1) is 12.1 Å². The van der Waals surface area contributed by atoms with E-state index in [0.717, 1.165) is 32.8 Å². The Kier molecular flexibility index (Phi) is 4.19. The molecule has 0 spiro atoms. The lowest BCUT2D eigenvalue weighted by Crippen LogP contribution is -2.12. The number of nitrogens with one attached hydrogen (secondary N) is 1. The summed E-state index contributed by atoms with van der Waals surface area (Å²) in [7, 11) is 0. The zero-order valence-electron chi connectivity index (χ0n) is 14.3. The van der Waals surface area contributed by atoms with Crippen molar-refractivity contribution in [3.63, 3.8) is 0 Å². The van der Waals surface area contributed by atoms with Crippen LogP contribution in [0.5, 0.6) is 0 Å². The maximum absolute atomic E-state index is 11.5. The zero-order chi connectivity index (χ0) is 17.9. The molecular weight excluding hydrogens is 326 g/mol. The van der Waals surface area contributed by atoms with Gasteiger partial charge in [0, 0.05) is 40.6 Å². The van der Waals surface area contributed by atoms with Gasteiger partial charge >= 0.3 is 6.09 Å². The lowest BCUT2D eigenvalue weighted by Gasteiger charge is -2.08. The first-order valence-electron chi connectivity index (χ1n) is 8.41. The average molecular weight is 343 g/mol. The number of rotatable bonds is 3. The molecule has 0 aliphatic carbocycles. The van der Waals surface area contributed by atoms with Crippen molar-refractivity contribution >= 4 is 33.5 Å². The fourth-order valence-electron chi connectivity index (χ4n) is 2.96. The number of carbonyl (C=O) groups excluding carboxylic acids is 1. The summed E-state index contributed by atoms with van der Waals surface area (Å²) in [5, 5.41) is 5.98. The Morgan fingerprint density at radius 2 is 1.85 bits per heavy atom. The van der Waals surface area contributed by atoms with E-state index in [-0.39, 0.29) is 0 Å². The molecule has 2 aromatic heterocycles. The smallest absolute Gasteiger partial charge is 0.411 e. The monoisotopic (exact) mass is 343 g/mol. The van der Waals surface area contributed by atoms with Crippen LogP contribution in [0.3, 0.4) is 0 Å². The van der Waals surface area contributed by atoms with Crippen LogP contribution in [0.4, 0.5) is 10.5 Å². The van der Waals surface area contributed by atoms with Crippen molar-refractivity contribution in [3.05, 3.63) is 67.1 Å². The minimum atomic E-state index is -0.452. The van der Waals surface area contributed by atoms with Crippen molar-refractivity contribution in [1.82, 2.24) is 9.97 Å². The van der Waals surface area contributed by atoms with Gasteiger partial charge in [-0.05, 0) is 48.2 Å². The van der Waals surface area contributed by atoms with Crippen molar-refractivity contribution in [2.24, 2.45) is 0 Å². The first-order valence-corrected chi connectivity index (χ1v) is 8.41. The first kappa shape index (κ1) is 16.0. The van der Waals surface area contributed by atoms with Gasteiger partial charge < -0.3 is 4.74 Å². The largest absolute Gasteiger partial charge is 0.450 e. The molecule has 0 atom stereocenters. The van der Waals surface area contributed by atoms with E-state index in [0.29, 0.717) is 12.3 Å². The number of pyridine rings is 2. The van der Waals surface area contributed by atoms with Gasteiger partial charge in [-0.2, -0.15) is 0 Å². The SMILES string of the molecule is CCOC(=O)Nc1ccc(-c2cnc3ccc4ccncc4c3c2)cc1. The van der Waals surface area contributed by atoms with Gasteiger partial charge in [0.2, 0.25) is 0 Å². The molecule has 4 aromatic rings. The summed E-state index contributed by atoms with van der Waals surface area (Å²) in [4.78, 5) is 20.3. The predicted molar refractivity (Wildman–Crippen MR) is 103 cm³/mol. The van der Waals surface area contributed by atoms with Crippen molar-refractivity contribution in [2.75, 3.05) is 11.9 Å². The molecular formula is C21H17N3O2. The summed E-state index contributed by atoms with van der Waals surface area (Å²) in [5.41, 5.74) is 3.66. The molecule has 0 bridgehead atoms. The Bertz CT molecular complexity index is 1090. The third-order valence-corrected chi connectivity index (χ3v) is 4.22. The summed E-state index contributed by atoms with van der Waals surface area (Å²) in [5.74, 6) is 0. The van der Waals surface area contributed by atoms with Gasteiger partial charge in [-0.25, -0.2) is 4.79 Å². The van der Waals surface area contributed by atoms with Gasteiger partial charge in [0.25, 0.3) is 0 Å². The van der Waals surface area contributed by atoms with Crippen LogP contribution in [0, 0.1) is 0 Å². The Balaban J connectivity index is 1.70. The van der Waals surface area contributed by atoms with E-state index >= 15 is 0 Å². The van der Waals surface area contributed by atoms with E-state index in [2.05, 4.69) is 27.4 Å². The third kappa shape index (κ3) is 3.07. The molecule has 2 heterocycles. The molecule has 128 valence electrons. The summed E-state index contributed by atoms with van der Waals surface area (Å²) in [6, 6.07) is 15.8. The number of hydrogen-bond donors (Lipinski definition) is 1. The second kappa shape index (κ2) is 6.80. The molecule has 26 heavy (non-hydrogen) atoms. The van der Waals surface area contributed by atoms with Crippen LogP contribution in [0.25, 0.3) is 32.8 Å². The fraction of sp³-hybridized carbons (Fsp3) is 0.0952. The number of anilines is 1. The quantitative estimate of drug-likeness (QED) is 0.531. The van der Waals surface area contributed by atoms with E-state index in [1.54, 1.807) is 13.1 Å². The summed E-state index contributed by atoms with van der Waals surface area (Å²) >= 11 is 0. The van der Waals surface area contributed by atoms with Gasteiger partial charge in [0.15, 0.2) is 0 Å². The highest BCUT2D eigenvalue weighted by Crippen LogP contribution is 2.28. The predicted octanol–water partition coefficient (Wildman–Crippen LogP) is 5.02. The summed E-state index contributed by atoms with van der Waals surface area (Å²) in [6.07, 6.45) is 5.07. The number of amides is 1. The second-order valence-corrected chi connectivity index (χ2v) is 5.88. The van der Waals surface area contributed by atoms with E-state index < -0.39 is 6.09 Å². The Labute approximate surface area is 150 Å². The maximum atomic E-state index is 11.5. The number of hydrogen-bond acceptors (Lipinski definition) is 4. The molecule has 0 saturated heterocycles. The van der Waals surface area contributed by atoms with Crippen molar-refractivity contribution in [2.45, 2.75) is 6.92 Å². The standard InChI is InChI=1S/C21H17N3O2/c1-2-26-21(25)24-17-6-3-14(4-7-17)16-11-18-19-13-22-10-9-15(19)5-8-20(18)23-12-16/h3-13H,2H2,1H3,(H,24,25). The number of ether oxygens (including phenoxy) is 1. The molecule has 0 radical (unpaired) electrons. The molecule has 0 aliphatic rings. The van der Waals surface area contributed by atoms with E-state index in [4.69, 9.17) is 4.74 Å². The highest BCUT2D eigenvalue weighted by atomic mass is 16.5. The number of nitrogens with zero attached hydrogens (tertiary/aromatic N) is 2. The Hall–Kier alpha value is -3.47. The molecule has 0 saturated carbocycles. The van der Waals surface area contributed by atoms with Gasteiger partial charge in [-0.15, -0.1) is 0 Å². The molecule has 0 unspecified atom stereocenters. The van der Waals surface area contributed by atoms with Gasteiger partial charge in [-0.1, -0.05) is 18.2 Å². The molecule has 1 N–H and O–H groups in total. The molecule has 5 nitrogen and oxygen atoms in total. The summed E-state index contributed by atoms with van der Waals surface area (Å²) in [6.45, 7) is 2.12. The topological polar surface area (TPSA) is 64.1 Å². The van der Waals surface area contributed by atoms with Crippen LogP contribution in [0.2, 0.25) is 0 Å². The third-order valence-electron chi connectivity index (χ3n) is 4.22. The number of carbonyl (C=O) groups is 1. The molecule has 5 heteroatoms. The van der Waals surface area contributed by atoms with Crippen LogP contribution in [-0.4, -0.2) is 22.7 Å². The highest BCUT2D eigenvalue weighted by molar-refractivity contribution is 6.06. The molecule has 0 aliphatic heterocycles. The lowest BCUT2D eigenvalue weighted by atomic mass is 10.0. The van der Waals surface area contributed by atoms with Crippen molar-refractivity contribution in [1.29, 1.82) is 0 Å². The van der Waals surface area contributed by atoms with Crippen LogP contribution in [0.15, 0.2) is 67.1 Å². The Morgan fingerprint density at radius 1 is 1.00 bits per heavy atom. The average Bonchev–Trinajstić information content (AvgIpc) is 2.68. The van der Waals surface area contributed by atoms with E-state index in [1.165, 1.54) is 0 Å². The lowest BCUT2D eigenvalue weighted by molar-refractivity contribution is 0.168. The highest BCUT2D eigenvalue weighted by Gasteiger charge is 2.06. The van der Waals surface area contributed by atoms with Crippen LogP contribution in [0.1, 0.15) is 6.92 Å². The molecule has 1 amide bonds. The van der Waals surface area contributed by atoms with Crippen LogP contribution < -0.4 is 5.32 Å². The molecule has 4 rings (SSSR count).